The summed E-state index contributed by atoms with van der Waals surface area (Å²) in [5.41, 5.74) is 0.180. The van der Waals surface area contributed by atoms with Crippen LogP contribution in [0.3, 0.4) is 0 Å². The number of rotatable bonds is 8. The predicted octanol–water partition coefficient (Wildman–Crippen LogP) is 5.69. The van der Waals surface area contributed by atoms with E-state index in [1.807, 2.05) is 0 Å². The SMILES string of the molecule is CCC(=O)N(c1ccc(S(=O)(=O)Nc2ccon2)cn1)c1cc(Cl)c(-c2cc(F)c(F)c(F)c2)cc1OC. The molecule has 2 aromatic carbocycles. The normalized spacial score (nSPS) is 11.3. The zero-order valence-corrected chi connectivity index (χ0v) is 21.3. The highest BCUT2D eigenvalue weighted by Crippen LogP contribution is 2.42. The Morgan fingerprint density at radius 3 is 2.39 bits per heavy atom. The quantitative estimate of drug-likeness (QED) is 0.272. The number of aromatic nitrogens is 2. The minimum absolute atomic E-state index is 0.0202. The lowest BCUT2D eigenvalue weighted by Gasteiger charge is -2.24. The van der Waals surface area contributed by atoms with Crippen LogP contribution in [0.4, 0.5) is 30.5 Å². The molecule has 2 aromatic heterocycles. The largest absolute Gasteiger partial charge is 0.495 e. The lowest BCUT2D eigenvalue weighted by Crippen LogP contribution is -2.26. The molecule has 9 nitrogen and oxygen atoms in total. The molecule has 0 aliphatic carbocycles. The van der Waals surface area contributed by atoms with Crippen LogP contribution in [0.15, 0.2) is 64.3 Å². The van der Waals surface area contributed by atoms with E-state index in [1.165, 1.54) is 43.7 Å². The third-order valence-corrected chi connectivity index (χ3v) is 6.95. The number of pyridine rings is 1. The van der Waals surface area contributed by atoms with Crippen LogP contribution in [0.5, 0.6) is 5.75 Å². The lowest BCUT2D eigenvalue weighted by molar-refractivity contribution is -0.117. The van der Waals surface area contributed by atoms with E-state index in [0.717, 1.165) is 23.2 Å². The van der Waals surface area contributed by atoms with E-state index in [1.54, 1.807) is 6.92 Å². The summed E-state index contributed by atoms with van der Waals surface area (Å²) in [7, 11) is -2.75. The summed E-state index contributed by atoms with van der Waals surface area (Å²) in [4.78, 5) is 18.0. The van der Waals surface area contributed by atoms with Crippen molar-refractivity contribution in [2.24, 2.45) is 0 Å². The Morgan fingerprint density at radius 2 is 1.84 bits per heavy atom. The highest BCUT2D eigenvalue weighted by Gasteiger charge is 2.25. The Hall–Kier alpha value is -4.10. The molecule has 2 heterocycles. The molecule has 0 atom stereocenters. The van der Waals surface area contributed by atoms with Gasteiger partial charge in [0.2, 0.25) is 5.91 Å². The maximum Gasteiger partial charge on any atom is 0.264 e. The van der Waals surface area contributed by atoms with Crippen molar-refractivity contribution in [2.75, 3.05) is 16.7 Å². The van der Waals surface area contributed by atoms with Gasteiger partial charge in [-0.05, 0) is 42.0 Å². The fourth-order valence-electron chi connectivity index (χ4n) is 3.48. The van der Waals surface area contributed by atoms with Crippen LogP contribution in [0.1, 0.15) is 13.3 Å². The first kappa shape index (κ1) is 26.9. The van der Waals surface area contributed by atoms with Gasteiger partial charge >= 0.3 is 0 Å². The molecule has 198 valence electrons. The maximum absolute atomic E-state index is 13.8. The minimum atomic E-state index is -4.05. The van der Waals surface area contributed by atoms with Crippen LogP contribution in [-0.4, -0.2) is 31.6 Å². The van der Waals surface area contributed by atoms with Crippen molar-refractivity contribution < 1.29 is 35.6 Å². The predicted molar refractivity (Wildman–Crippen MR) is 132 cm³/mol. The molecule has 4 aromatic rings. The standard InChI is InChI=1S/C24H18ClF3N4O5S/c1-3-23(33)32(22-5-4-14(12-29-22)38(34,35)31-21-6-7-37-30-21)19-11-16(25)15(10-20(19)36-2)13-8-17(26)24(28)18(27)9-13/h4-12H,3H2,1-2H3,(H,30,31). The summed E-state index contributed by atoms with van der Waals surface area (Å²) < 4.78 is 78.6. The van der Waals surface area contributed by atoms with E-state index in [-0.39, 0.29) is 50.5 Å². The van der Waals surface area contributed by atoms with Gasteiger partial charge in [0.15, 0.2) is 23.3 Å². The number of carbonyl (C=O) groups excluding carboxylic acids is 1. The number of carbonyl (C=O) groups is 1. The highest BCUT2D eigenvalue weighted by molar-refractivity contribution is 7.92. The average Bonchev–Trinajstić information content (AvgIpc) is 3.40. The first-order valence-electron chi connectivity index (χ1n) is 10.8. The zero-order valence-electron chi connectivity index (χ0n) is 19.7. The van der Waals surface area contributed by atoms with Gasteiger partial charge in [0.05, 0.1) is 17.8 Å². The number of anilines is 3. The van der Waals surface area contributed by atoms with Gasteiger partial charge in [-0.25, -0.2) is 26.6 Å². The number of halogens is 4. The van der Waals surface area contributed by atoms with Gasteiger partial charge in [-0.15, -0.1) is 0 Å². The van der Waals surface area contributed by atoms with Gasteiger partial charge in [0, 0.05) is 24.2 Å². The molecule has 0 spiro atoms. The van der Waals surface area contributed by atoms with Crippen LogP contribution < -0.4 is 14.4 Å². The molecule has 0 unspecified atom stereocenters. The average molecular weight is 567 g/mol. The van der Waals surface area contributed by atoms with E-state index >= 15 is 0 Å². The maximum atomic E-state index is 13.8. The number of amides is 1. The van der Waals surface area contributed by atoms with E-state index in [0.29, 0.717) is 0 Å². The Labute approximate surface area is 219 Å². The molecule has 38 heavy (non-hydrogen) atoms. The smallest absolute Gasteiger partial charge is 0.264 e. The van der Waals surface area contributed by atoms with Crippen molar-refractivity contribution in [3.63, 3.8) is 0 Å². The van der Waals surface area contributed by atoms with Gasteiger partial charge in [-0.1, -0.05) is 23.7 Å². The Balaban J connectivity index is 1.76. The number of sulfonamides is 1. The zero-order chi connectivity index (χ0) is 27.6. The van der Waals surface area contributed by atoms with E-state index in [4.69, 9.17) is 16.3 Å². The van der Waals surface area contributed by atoms with Crippen LogP contribution in [0, 0.1) is 17.5 Å². The number of benzene rings is 2. The van der Waals surface area contributed by atoms with E-state index < -0.39 is 33.4 Å². The molecule has 0 radical (unpaired) electrons. The molecule has 1 amide bonds. The highest BCUT2D eigenvalue weighted by atomic mass is 35.5. The van der Waals surface area contributed by atoms with Crippen molar-refractivity contribution in [3.8, 4) is 16.9 Å². The molecule has 0 fully saturated rings. The second-order valence-electron chi connectivity index (χ2n) is 7.68. The molecule has 0 saturated carbocycles. The number of ether oxygens (including phenoxy) is 1. The molecule has 1 N–H and O–H groups in total. The van der Waals surface area contributed by atoms with Crippen molar-refractivity contribution in [3.05, 3.63) is 77.4 Å². The number of hydrogen-bond donors (Lipinski definition) is 1. The second kappa shape index (κ2) is 10.7. The van der Waals surface area contributed by atoms with Gasteiger partial charge in [0.25, 0.3) is 10.0 Å². The molecule has 4 rings (SSSR count). The Morgan fingerprint density at radius 1 is 1.13 bits per heavy atom. The third-order valence-electron chi connectivity index (χ3n) is 5.29. The van der Waals surface area contributed by atoms with E-state index in [2.05, 4.69) is 19.4 Å². The summed E-state index contributed by atoms with van der Waals surface area (Å²) in [5, 5.41) is 3.46. The van der Waals surface area contributed by atoms with Gasteiger partial charge in [-0.2, -0.15) is 0 Å². The van der Waals surface area contributed by atoms with Crippen molar-refractivity contribution >= 4 is 44.9 Å². The first-order chi connectivity index (χ1) is 18.1. The Bertz CT molecular complexity index is 1580. The molecule has 0 saturated heterocycles. The molecular formula is C24H18ClF3N4O5S. The molecule has 0 bridgehead atoms. The summed E-state index contributed by atoms with van der Waals surface area (Å²) in [6.07, 6.45) is 2.26. The van der Waals surface area contributed by atoms with Gasteiger partial charge in [-0.3, -0.25) is 14.4 Å². The fraction of sp³-hybridized carbons (Fsp3) is 0.125. The molecule has 0 aliphatic rings. The first-order valence-corrected chi connectivity index (χ1v) is 12.7. The van der Waals surface area contributed by atoms with E-state index in [9.17, 15) is 26.4 Å². The van der Waals surface area contributed by atoms with Crippen LogP contribution in [0.2, 0.25) is 5.02 Å². The fourth-order valence-corrected chi connectivity index (χ4v) is 4.69. The summed E-state index contributed by atoms with van der Waals surface area (Å²) in [5.74, 6) is -4.80. The lowest BCUT2D eigenvalue weighted by atomic mass is 10.0. The van der Waals surface area contributed by atoms with Crippen molar-refractivity contribution in [1.29, 1.82) is 0 Å². The minimum Gasteiger partial charge on any atom is -0.495 e. The third kappa shape index (κ3) is 5.29. The number of nitrogens with one attached hydrogen (secondary N) is 1. The monoisotopic (exact) mass is 566 g/mol. The van der Waals surface area contributed by atoms with Crippen LogP contribution in [0.25, 0.3) is 11.1 Å². The van der Waals surface area contributed by atoms with Crippen LogP contribution in [-0.2, 0) is 14.8 Å². The molecular weight excluding hydrogens is 549 g/mol. The number of methoxy groups -OCH3 is 1. The number of nitrogens with zero attached hydrogens (tertiary/aromatic N) is 3. The summed E-state index contributed by atoms with van der Waals surface area (Å²) in [6, 6.07) is 8.06. The van der Waals surface area contributed by atoms with Gasteiger partial charge in [0.1, 0.15) is 22.7 Å². The summed E-state index contributed by atoms with van der Waals surface area (Å²) in [6.45, 7) is 1.60. The van der Waals surface area contributed by atoms with Crippen molar-refractivity contribution in [1.82, 2.24) is 10.1 Å². The second-order valence-corrected chi connectivity index (χ2v) is 9.77. The summed E-state index contributed by atoms with van der Waals surface area (Å²) >= 11 is 6.42. The topological polar surface area (TPSA) is 115 Å². The number of hydrogen-bond acceptors (Lipinski definition) is 7. The van der Waals surface area contributed by atoms with Gasteiger partial charge < -0.3 is 9.26 Å². The molecule has 0 aliphatic heterocycles. The van der Waals surface area contributed by atoms with Crippen LogP contribution >= 0.6 is 11.6 Å². The van der Waals surface area contributed by atoms with Crippen molar-refractivity contribution in [2.45, 2.75) is 18.2 Å². The molecule has 14 heteroatoms. The Kier molecular flexibility index (Phi) is 7.60.